The van der Waals surface area contributed by atoms with Crippen molar-refractivity contribution in [2.75, 3.05) is 5.32 Å². The van der Waals surface area contributed by atoms with Crippen LogP contribution in [0.4, 0.5) is 5.69 Å². The van der Waals surface area contributed by atoms with Gasteiger partial charge < -0.3 is 10.2 Å². The zero-order chi connectivity index (χ0) is 15.2. The van der Waals surface area contributed by atoms with Crippen LogP contribution in [-0.2, 0) is 16.2 Å². The van der Waals surface area contributed by atoms with Crippen LogP contribution < -0.4 is 5.32 Å². The van der Waals surface area contributed by atoms with Crippen LogP contribution in [0.25, 0.3) is 0 Å². The molecule has 0 aliphatic carbocycles. The van der Waals surface area contributed by atoms with Gasteiger partial charge in [0.05, 0.1) is 15.6 Å². The first kappa shape index (κ1) is 15.2. The second-order valence-corrected chi connectivity index (χ2v) is 5.87. The van der Waals surface area contributed by atoms with Crippen LogP contribution in [0.15, 0.2) is 35.6 Å². The number of thiazole rings is 1. The van der Waals surface area contributed by atoms with E-state index in [9.17, 15) is 4.79 Å². The molecule has 0 bridgehead atoms. The Labute approximate surface area is 127 Å². The van der Waals surface area contributed by atoms with Crippen molar-refractivity contribution in [1.82, 2.24) is 4.98 Å². The van der Waals surface area contributed by atoms with Gasteiger partial charge >= 0.3 is 0 Å². The molecule has 0 fully saturated rings. The number of benzene rings is 1. The highest BCUT2D eigenvalue weighted by Crippen LogP contribution is 2.14. The summed E-state index contributed by atoms with van der Waals surface area (Å²) in [6.45, 7) is 5.74. The van der Waals surface area contributed by atoms with Crippen molar-refractivity contribution < 1.29 is 9.63 Å². The van der Waals surface area contributed by atoms with Crippen molar-refractivity contribution in [1.29, 1.82) is 0 Å². The fourth-order valence-electron chi connectivity index (χ4n) is 1.72. The number of aryl methyl sites for hydroxylation is 1. The lowest BCUT2D eigenvalue weighted by atomic mass is 10.1. The van der Waals surface area contributed by atoms with Gasteiger partial charge in [-0.25, -0.2) is 4.98 Å². The molecule has 0 unspecified atom stereocenters. The molecule has 0 spiro atoms. The van der Waals surface area contributed by atoms with Crippen LogP contribution in [0.3, 0.4) is 0 Å². The normalized spacial score (nSPS) is 11.3. The van der Waals surface area contributed by atoms with Gasteiger partial charge in [0.25, 0.3) is 0 Å². The van der Waals surface area contributed by atoms with E-state index in [2.05, 4.69) is 15.5 Å². The Bertz CT molecular complexity index is 647. The number of hydrogen-bond acceptors (Lipinski definition) is 5. The van der Waals surface area contributed by atoms with E-state index in [1.807, 2.05) is 38.1 Å². The Hall–Kier alpha value is -2.21. The molecule has 0 atom stereocenters. The van der Waals surface area contributed by atoms with E-state index in [0.717, 1.165) is 26.8 Å². The third-order valence-electron chi connectivity index (χ3n) is 2.70. The average molecular weight is 303 g/mol. The second-order valence-electron chi connectivity index (χ2n) is 4.55. The van der Waals surface area contributed by atoms with Gasteiger partial charge in [-0.15, -0.1) is 11.3 Å². The maximum Gasteiger partial charge on any atom is 0.221 e. The van der Waals surface area contributed by atoms with Crippen LogP contribution >= 0.6 is 11.3 Å². The zero-order valence-electron chi connectivity index (χ0n) is 12.2. The Morgan fingerprint density at radius 2 is 2.05 bits per heavy atom. The quantitative estimate of drug-likeness (QED) is 0.680. The number of aromatic nitrogens is 1. The third kappa shape index (κ3) is 4.68. The van der Waals surface area contributed by atoms with Crippen LogP contribution in [0.1, 0.15) is 29.3 Å². The molecule has 1 aromatic heterocycles. The maximum absolute atomic E-state index is 11.0. The average Bonchev–Trinajstić information content (AvgIpc) is 2.84. The highest BCUT2D eigenvalue weighted by Gasteiger charge is 2.01. The minimum Gasteiger partial charge on any atom is -0.390 e. The van der Waals surface area contributed by atoms with E-state index in [1.54, 1.807) is 17.5 Å². The minimum atomic E-state index is -0.0867. The van der Waals surface area contributed by atoms with Gasteiger partial charge in [0.15, 0.2) is 6.61 Å². The summed E-state index contributed by atoms with van der Waals surface area (Å²) in [5.74, 6) is -0.0867. The molecule has 1 heterocycles. The summed E-state index contributed by atoms with van der Waals surface area (Å²) in [7, 11) is 0. The highest BCUT2D eigenvalue weighted by atomic mass is 32.1. The fourth-order valence-corrected chi connectivity index (χ4v) is 2.42. The molecular weight excluding hydrogens is 286 g/mol. The van der Waals surface area contributed by atoms with Crippen molar-refractivity contribution in [2.45, 2.75) is 27.4 Å². The van der Waals surface area contributed by atoms with E-state index in [4.69, 9.17) is 4.84 Å². The van der Waals surface area contributed by atoms with E-state index in [0.29, 0.717) is 6.61 Å². The van der Waals surface area contributed by atoms with Gasteiger partial charge in [0.1, 0.15) is 0 Å². The van der Waals surface area contributed by atoms with Crippen molar-refractivity contribution in [3.05, 3.63) is 45.9 Å². The van der Waals surface area contributed by atoms with Crippen LogP contribution in [0, 0.1) is 6.92 Å². The monoisotopic (exact) mass is 303 g/mol. The van der Waals surface area contributed by atoms with Crippen molar-refractivity contribution in [3.63, 3.8) is 0 Å². The van der Waals surface area contributed by atoms with Gasteiger partial charge in [0.2, 0.25) is 5.91 Å². The molecule has 2 aromatic rings. The van der Waals surface area contributed by atoms with Gasteiger partial charge in [-0.3, -0.25) is 4.79 Å². The number of carbonyl (C=O) groups is 1. The fraction of sp³-hybridized carbons (Fsp3) is 0.267. The third-order valence-corrected chi connectivity index (χ3v) is 3.59. The van der Waals surface area contributed by atoms with Gasteiger partial charge in [-0.1, -0.05) is 17.3 Å². The molecule has 1 aromatic carbocycles. The molecule has 2 rings (SSSR count). The number of nitrogens with zero attached hydrogens (tertiary/aromatic N) is 2. The highest BCUT2D eigenvalue weighted by molar-refractivity contribution is 7.11. The smallest absolute Gasteiger partial charge is 0.221 e. The number of oxime groups is 1. The molecule has 0 aliphatic rings. The van der Waals surface area contributed by atoms with Gasteiger partial charge in [-0.05, 0) is 31.5 Å². The topological polar surface area (TPSA) is 63.6 Å². The Morgan fingerprint density at radius 3 is 2.62 bits per heavy atom. The lowest BCUT2D eigenvalue weighted by molar-refractivity contribution is -0.114. The molecule has 6 heteroatoms. The van der Waals surface area contributed by atoms with E-state index >= 15 is 0 Å². The summed E-state index contributed by atoms with van der Waals surface area (Å²) in [6.07, 6.45) is 1.80. The lowest BCUT2D eigenvalue weighted by Gasteiger charge is -2.04. The number of anilines is 1. The predicted octanol–water partition coefficient (Wildman–Crippen LogP) is 3.35. The molecule has 5 nitrogen and oxygen atoms in total. The van der Waals surface area contributed by atoms with Crippen molar-refractivity contribution >= 4 is 28.6 Å². The van der Waals surface area contributed by atoms with Crippen molar-refractivity contribution in [3.8, 4) is 0 Å². The molecule has 0 saturated carbocycles. The lowest BCUT2D eigenvalue weighted by Crippen LogP contribution is -2.06. The molecule has 0 aliphatic heterocycles. The Balaban J connectivity index is 1.93. The molecule has 1 N–H and O–H groups in total. The largest absolute Gasteiger partial charge is 0.390 e. The number of carbonyl (C=O) groups excluding carboxylic acids is 1. The van der Waals surface area contributed by atoms with E-state index in [1.165, 1.54) is 6.92 Å². The summed E-state index contributed by atoms with van der Waals surface area (Å²) in [5.41, 5.74) is 2.50. The summed E-state index contributed by atoms with van der Waals surface area (Å²) in [4.78, 5) is 21.5. The predicted molar refractivity (Wildman–Crippen MR) is 84.6 cm³/mol. The van der Waals surface area contributed by atoms with E-state index < -0.39 is 0 Å². The summed E-state index contributed by atoms with van der Waals surface area (Å²) in [6, 6.07) is 7.46. The summed E-state index contributed by atoms with van der Waals surface area (Å²) in [5, 5.41) is 7.84. The van der Waals surface area contributed by atoms with Gasteiger partial charge in [0, 0.05) is 18.8 Å². The SMILES string of the molecule is CC(=O)Nc1ccc(C(C)=NOCc2cnc(C)s2)cc1. The Morgan fingerprint density at radius 1 is 1.33 bits per heavy atom. The van der Waals surface area contributed by atoms with Gasteiger partial charge in [-0.2, -0.15) is 0 Å². The molecule has 1 amide bonds. The molecule has 110 valence electrons. The number of rotatable bonds is 5. The van der Waals surface area contributed by atoms with Crippen molar-refractivity contribution in [2.24, 2.45) is 5.16 Å². The first-order valence-electron chi connectivity index (χ1n) is 6.50. The van der Waals surface area contributed by atoms with Crippen LogP contribution in [-0.4, -0.2) is 16.6 Å². The molecule has 0 saturated heterocycles. The van der Waals surface area contributed by atoms with Crippen LogP contribution in [0.5, 0.6) is 0 Å². The van der Waals surface area contributed by atoms with E-state index in [-0.39, 0.29) is 5.91 Å². The summed E-state index contributed by atoms with van der Waals surface area (Å²) >= 11 is 1.60. The molecule has 21 heavy (non-hydrogen) atoms. The zero-order valence-corrected chi connectivity index (χ0v) is 13.0. The minimum absolute atomic E-state index is 0.0867. The number of hydrogen-bond donors (Lipinski definition) is 1. The first-order valence-corrected chi connectivity index (χ1v) is 7.32. The summed E-state index contributed by atoms with van der Waals surface area (Å²) < 4.78 is 0. The molecular formula is C15H17N3O2S. The molecule has 0 radical (unpaired) electrons. The second kappa shape index (κ2) is 6.99. The standard InChI is InChI=1S/C15H17N3O2S/c1-10(18-20-9-15-8-16-12(3)21-15)13-4-6-14(7-5-13)17-11(2)19/h4-8H,9H2,1-3H3,(H,17,19). The first-order chi connectivity index (χ1) is 10.0. The number of amides is 1. The van der Waals surface area contributed by atoms with Crippen LogP contribution in [0.2, 0.25) is 0 Å². The Kier molecular flexibility index (Phi) is 5.05. The maximum atomic E-state index is 11.0. The number of nitrogens with one attached hydrogen (secondary N) is 1.